The van der Waals surface area contributed by atoms with Crippen molar-refractivity contribution in [2.75, 3.05) is 39.0 Å². The van der Waals surface area contributed by atoms with Gasteiger partial charge in [0.25, 0.3) is 0 Å². The van der Waals surface area contributed by atoms with E-state index in [1.165, 1.54) is 10.6 Å². The molecule has 0 unspecified atom stereocenters. The van der Waals surface area contributed by atoms with E-state index in [4.69, 9.17) is 0 Å². The van der Waals surface area contributed by atoms with Crippen molar-refractivity contribution in [3.05, 3.63) is 11.1 Å². The summed E-state index contributed by atoms with van der Waals surface area (Å²) in [5.41, 5.74) is 1.91. The standard InChI is InChI=1S/C12H23N3O3S/c1-4-15(19(3,17)18)7-5-6-14-12(16)10(2)11-8-13-9-11/h13H,4-9H2,1-3H3,(H,14,16). The van der Waals surface area contributed by atoms with Gasteiger partial charge in [0.05, 0.1) is 6.26 Å². The van der Waals surface area contributed by atoms with E-state index in [9.17, 15) is 13.2 Å². The molecular formula is C12H23N3O3S. The summed E-state index contributed by atoms with van der Waals surface area (Å²) in [4.78, 5) is 11.8. The lowest BCUT2D eigenvalue weighted by Crippen LogP contribution is -2.38. The largest absolute Gasteiger partial charge is 0.352 e. The van der Waals surface area contributed by atoms with E-state index in [0.29, 0.717) is 26.1 Å². The Labute approximate surface area is 115 Å². The number of carbonyl (C=O) groups excluding carboxylic acids is 1. The summed E-state index contributed by atoms with van der Waals surface area (Å²) in [6.45, 7) is 6.59. The molecule has 0 aliphatic carbocycles. The van der Waals surface area contributed by atoms with E-state index in [0.717, 1.165) is 24.2 Å². The van der Waals surface area contributed by atoms with E-state index in [1.54, 1.807) is 6.92 Å². The molecule has 0 radical (unpaired) electrons. The molecule has 0 bridgehead atoms. The minimum atomic E-state index is -3.14. The third-order valence-corrected chi connectivity index (χ3v) is 4.62. The van der Waals surface area contributed by atoms with E-state index in [1.807, 2.05) is 6.92 Å². The number of amides is 1. The van der Waals surface area contributed by atoms with Crippen LogP contribution in [-0.2, 0) is 14.8 Å². The van der Waals surface area contributed by atoms with Gasteiger partial charge >= 0.3 is 0 Å². The molecular weight excluding hydrogens is 266 g/mol. The summed E-state index contributed by atoms with van der Waals surface area (Å²) in [6, 6.07) is 0. The second-order valence-corrected chi connectivity index (χ2v) is 6.68. The minimum absolute atomic E-state index is 0.0566. The Morgan fingerprint density at radius 3 is 2.47 bits per heavy atom. The summed E-state index contributed by atoms with van der Waals surface area (Å²) in [5, 5.41) is 5.91. The topological polar surface area (TPSA) is 78.5 Å². The maximum Gasteiger partial charge on any atom is 0.246 e. The van der Waals surface area contributed by atoms with Crippen molar-refractivity contribution in [1.82, 2.24) is 14.9 Å². The van der Waals surface area contributed by atoms with Crippen molar-refractivity contribution in [3.8, 4) is 0 Å². The third-order valence-electron chi connectivity index (χ3n) is 3.24. The monoisotopic (exact) mass is 289 g/mol. The van der Waals surface area contributed by atoms with Crippen LogP contribution in [0, 0.1) is 0 Å². The van der Waals surface area contributed by atoms with Gasteiger partial charge in [-0.3, -0.25) is 4.79 Å². The van der Waals surface area contributed by atoms with Crippen molar-refractivity contribution < 1.29 is 13.2 Å². The quantitative estimate of drug-likeness (QED) is 0.498. The Balaban J connectivity index is 2.29. The molecule has 0 aromatic carbocycles. The molecule has 0 aromatic heterocycles. The van der Waals surface area contributed by atoms with Gasteiger partial charge in [-0.1, -0.05) is 6.92 Å². The first kappa shape index (κ1) is 16.1. The van der Waals surface area contributed by atoms with Crippen molar-refractivity contribution >= 4 is 15.9 Å². The summed E-state index contributed by atoms with van der Waals surface area (Å²) in [6.07, 6.45) is 1.82. The average molecular weight is 289 g/mol. The molecule has 1 aliphatic heterocycles. The van der Waals surface area contributed by atoms with Crippen LogP contribution in [0.3, 0.4) is 0 Å². The highest BCUT2D eigenvalue weighted by Gasteiger charge is 2.16. The molecule has 1 heterocycles. The molecule has 2 N–H and O–H groups in total. The number of rotatable bonds is 7. The summed E-state index contributed by atoms with van der Waals surface area (Å²) < 4.78 is 24.1. The van der Waals surface area contributed by atoms with Crippen LogP contribution in [0.25, 0.3) is 0 Å². The van der Waals surface area contributed by atoms with E-state index in [2.05, 4.69) is 10.6 Å². The maximum atomic E-state index is 11.8. The highest BCUT2D eigenvalue weighted by Crippen LogP contribution is 2.08. The molecule has 1 fully saturated rings. The molecule has 1 saturated heterocycles. The average Bonchev–Trinajstić information content (AvgIpc) is 2.24. The number of nitrogens with one attached hydrogen (secondary N) is 2. The zero-order chi connectivity index (χ0) is 14.5. The van der Waals surface area contributed by atoms with Gasteiger partial charge in [-0.05, 0) is 18.9 Å². The van der Waals surface area contributed by atoms with Gasteiger partial charge in [0.1, 0.15) is 0 Å². The molecule has 19 heavy (non-hydrogen) atoms. The highest BCUT2D eigenvalue weighted by atomic mass is 32.2. The van der Waals surface area contributed by atoms with Crippen molar-refractivity contribution in [3.63, 3.8) is 0 Å². The molecule has 6 nitrogen and oxygen atoms in total. The van der Waals surface area contributed by atoms with Crippen molar-refractivity contribution in [1.29, 1.82) is 0 Å². The first-order valence-electron chi connectivity index (χ1n) is 6.49. The Morgan fingerprint density at radius 1 is 1.42 bits per heavy atom. The molecule has 0 spiro atoms. The van der Waals surface area contributed by atoms with Crippen LogP contribution < -0.4 is 10.6 Å². The SMILES string of the molecule is CCN(CCCNC(=O)C(C)=C1CNC1)S(C)(=O)=O. The zero-order valence-electron chi connectivity index (χ0n) is 11.8. The first-order chi connectivity index (χ1) is 8.86. The van der Waals surface area contributed by atoms with Crippen LogP contribution in [0.2, 0.25) is 0 Å². The Bertz CT molecular complexity index is 451. The van der Waals surface area contributed by atoms with Gasteiger partial charge < -0.3 is 10.6 Å². The van der Waals surface area contributed by atoms with Crippen LogP contribution in [-0.4, -0.2) is 57.6 Å². The normalized spacial score (nSPS) is 15.3. The van der Waals surface area contributed by atoms with Crippen LogP contribution >= 0.6 is 0 Å². The molecule has 1 rings (SSSR count). The lowest BCUT2D eigenvalue weighted by molar-refractivity contribution is -0.117. The van der Waals surface area contributed by atoms with E-state index >= 15 is 0 Å². The molecule has 1 aliphatic rings. The van der Waals surface area contributed by atoms with Gasteiger partial charge in [-0.15, -0.1) is 0 Å². The van der Waals surface area contributed by atoms with Gasteiger partial charge in [-0.25, -0.2) is 12.7 Å². The number of carbonyl (C=O) groups is 1. The lowest BCUT2D eigenvalue weighted by atomic mass is 10.0. The predicted octanol–water partition coefficient (Wildman–Crippen LogP) is -0.306. The predicted molar refractivity (Wildman–Crippen MR) is 75.3 cm³/mol. The van der Waals surface area contributed by atoms with Crippen molar-refractivity contribution in [2.45, 2.75) is 20.3 Å². The minimum Gasteiger partial charge on any atom is -0.352 e. The number of sulfonamides is 1. The molecule has 0 saturated carbocycles. The second-order valence-electron chi connectivity index (χ2n) is 4.70. The van der Waals surface area contributed by atoms with Crippen LogP contribution in [0.15, 0.2) is 11.1 Å². The van der Waals surface area contributed by atoms with Gasteiger partial charge in [0.2, 0.25) is 15.9 Å². The summed E-state index contributed by atoms with van der Waals surface area (Å²) in [5.74, 6) is -0.0566. The van der Waals surface area contributed by atoms with E-state index in [-0.39, 0.29) is 5.91 Å². The van der Waals surface area contributed by atoms with E-state index < -0.39 is 10.0 Å². The lowest BCUT2D eigenvalue weighted by Gasteiger charge is -2.21. The fraction of sp³-hybridized carbons (Fsp3) is 0.750. The fourth-order valence-corrected chi connectivity index (χ4v) is 2.75. The molecule has 110 valence electrons. The molecule has 0 aromatic rings. The molecule has 0 atom stereocenters. The number of nitrogens with zero attached hydrogens (tertiary/aromatic N) is 1. The van der Waals surface area contributed by atoms with Gasteiger partial charge in [0.15, 0.2) is 0 Å². The number of hydrogen-bond acceptors (Lipinski definition) is 4. The molecule has 1 amide bonds. The maximum absolute atomic E-state index is 11.8. The highest BCUT2D eigenvalue weighted by molar-refractivity contribution is 7.88. The second kappa shape index (κ2) is 7.02. The zero-order valence-corrected chi connectivity index (χ0v) is 12.6. The fourth-order valence-electron chi connectivity index (χ4n) is 1.82. The van der Waals surface area contributed by atoms with Crippen LogP contribution in [0.4, 0.5) is 0 Å². The Kier molecular flexibility index (Phi) is 5.96. The Morgan fingerprint density at radius 2 is 2.05 bits per heavy atom. The van der Waals surface area contributed by atoms with Gasteiger partial charge in [-0.2, -0.15) is 0 Å². The van der Waals surface area contributed by atoms with Crippen molar-refractivity contribution in [2.24, 2.45) is 0 Å². The van der Waals surface area contributed by atoms with Gasteiger partial charge in [0, 0.05) is 38.3 Å². The summed E-state index contributed by atoms with van der Waals surface area (Å²) in [7, 11) is -3.14. The Hall–Kier alpha value is -0.920. The van der Waals surface area contributed by atoms with Crippen LogP contribution in [0.5, 0.6) is 0 Å². The third kappa shape index (κ3) is 4.93. The first-order valence-corrected chi connectivity index (χ1v) is 8.33. The molecule has 7 heteroatoms. The smallest absolute Gasteiger partial charge is 0.246 e. The number of hydrogen-bond donors (Lipinski definition) is 2. The summed E-state index contributed by atoms with van der Waals surface area (Å²) >= 11 is 0. The van der Waals surface area contributed by atoms with Crippen LogP contribution in [0.1, 0.15) is 20.3 Å².